The molecular formula is C46H33N5. The summed E-state index contributed by atoms with van der Waals surface area (Å²) in [5, 5.41) is 7.55. The lowest BCUT2D eigenvalue weighted by atomic mass is 9.96. The highest BCUT2D eigenvalue weighted by Crippen LogP contribution is 2.39. The number of fused-ring (bicyclic) bond motifs is 3. The van der Waals surface area contributed by atoms with Crippen molar-refractivity contribution in [3.8, 4) is 67.7 Å². The zero-order valence-electron chi connectivity index (χ0n) is 28.1. The number of nitrogens with zero attached hydrogens (tertiary/aromatic N) is 5. The third kappa shape index (κ3) is 5.65. The summed E-state index contributed by atoms with van der Waals surface area (Å²) in [4.78, 5) is 14.7. The summed E-state index contributed by atoms with van der Waals surface area (Å²) in [7, 11) is 0. The summed E-state index contributed by atoms with van der Waals surface area (Å²) in [5.41, 5.74) is 11.9. The Bertz CT molecular complexity index is 2580. The van der Waals surface area contributed by atoms with Crippen LogP contribution in [-0.2, 0) is 6.42 Å². The minimum atomic E-state index is 0.642. The molecule has 5 nitrogen and oxygen atoms in total. The number of pyridine rings is 1. The molecule has 9 aromatic rings. The molecular weight excluding hydrogens is 623 g/mol. The van der Waals surface area contributed by atoms with Crippen molar-refractivity contribution >= 4 is 16.3 Å². The van der Waals surface area contributed by atoms with Crippen molar-refractivity contribution < 1.29 is 0 Å². The maximum absolute atomic E-state index is 5.20. The molecule has 0 saturated heterocycles. The molecule has 0 fully saturated rings. The van der Waals surface area contributed by atoms with Gasteiger partial charge < -0.3 is 0 Å². The molecule has 0 aliphatic heterocycles. The van der Waals surface area contributed by atoms with Crippen molar-refractivity contribution in [1.29, 1.82) is 0 Å². The summed E-state index contributed by atoms with van der Waals surface area (Å²) in [6.45, 7) is 2.18. The topological polar surface area (TPSA) is 56.0 Å². The highest BCUT2D eigenvalue weighted by atomic mass is 15.2. The minimum absolute atomic E-state index is 0.642. The fourth-order valence-corrected chi connectivity index (χ4v) is 6.89. The van der Waals surface area contributed by atoms with Crippen LogP contribution in [-0.4, -0.2) is 24.6 Å². The second kappa shape index (κ2) is 13.0. The van der Waals surface area contributed by atoms with Crippen LogP contribution in [0.5, 0.6) is 0 Å². The fraction of sp³-hybridized carbons (Fsp3) is 0.0435. The first-order valence-electron chi connectivity index (χ1n) is 17.3. The summed E-state index contributed by atoms with van der Waals surface area (Å²) in [6.07, 6.45) is 0.840. The molecule has 0 bridgehead atoms. The minimum Gasteiger partial charge on any atom is -0.232 e. The molecule has 3 aromatic heterocycles. The van der Waals surface area contributed by atoms with Gasteiger partial charge in [0, 0.05) is 33.2 Å². The van der Waals surface area contributed by atoms with E-state index in [0.717, 1.165) is 56.7 Å². The van der Waals surface area contributed by atoms with Crippen LogP contribution >= 0.6 is 0 Å². The Morgan fingerprint density at radius 2 is 0.882 bits per heavy atom. The van der Waals surface area contributed by atoms with E-state index < -0.39 is 0 Å². The van der Waals surface area contributed by atoms with Crippen LogP contribution in [0.1, 0.15) is 12.6 Å². The largest absolute Gasteiger partial charge is 0.232 e. The van der Waals surface area contributed by atoms with Gasteiger partial charge >= 0.3 is 0 Å². The lowest BCUT2D eigenvalue weighted by molar-refractivity contribution is 0.907. The van der Waals surface area contributed by atoms with Gasteiger partial charge in [0.2, 0.25) is 0 Å². The fourth-order valence-electron chi connectivity index (χ4n) is 6.89. The van der Waals surface area contributed by atoms with E-state index in [2.05, 4.69) is 121 Å². The highest BCUT2D eigenvalue weighted by molar-refractivity contribution is 6.07. The predicted molar refractivity (Wildman–Crippen MR) is 208 cm³/mol. The number of aryl methyl sites for hydroxylation is 1. The zero-order valence-corrected chi connectivity index (χ0v) is 28.1. The molecule has 0 aliphatic carbocycles. The molecule has 242 valence electrons. The first kappa shape index (κ1) is 30.3. The van der Waals surface area contributed by atoms with E-state index in [0.29, 0.717) is 17.5 Å². The van der Waals surface area contributed by atoms with Crippen LogP contribution in [0.2, 0.25) is 0 Å². The second-order valence-electron chi connectivity index (χ2n) is 12.6. The Morgan fingerprint density at radius 1 is 0.431 bits per heavy atom. The van der Waals surface area contributed by atoms with Gasteiger partial charge in [-0.2, -0.15) is 5.10 Å². The maximum Gasteiger partial charge on any atom is 0.164 e. The molecule has 0 unspecified atom stereocenters. The van der Waals surface area contributed by atoms with Crippen LogP contribution in [0.15, 0.2) is 170 Å². The first-order chi connectivity index (χ1) is 25.2. The molecule has 0 atom stereocenters. The summed E-state index contributed by atoms with van der Waals surface area (Å²) >= 11 is 0. The van der Waals surface area contributed by atoms with Crippen LogP contribution in [0.3, 0.4) is 0 Å². The van der Waals surface area contributed by atoms with Gasteiger partial charge in [-0.05, 0) is 40.6 Å². The van der Waals surface area contributed by atoms with Crippen molar-refractivity contribution in [3.05, 3.63) is 176 Å². The van der Waals surface area contributed by atoms with Crippen LogP contribution in [0.4, 0.5) is 0 Å². The van der Waals surface area contributed by atoms with E-state index in [9.17, 15) is 0 Å². The maximum atomic E-state index is 5.20. The number of hydrogen-bond donors (Lipinski definition) is 0. The van der Waals surface area contributed by atoms with Gasteiger partial charge in [-0.1, -0.05) is 165 Å². The third-order valence-electron chi connectivity index (χ3n) is 9.43. The third-order valence-corrected chi connectivity index (χ3v) is 9.43. The Kier molecular flexibility index (Phi) is 7.71. The average molecular weight is 656 g/mol. The van der Waals surface area contributed by atoms with Crippen LogP contribution < -0.4 is 0 Å². The van der Waals surface area contributed by atoms with Gasteiger partial charge in [0.1, 0.15) is 0 Å². The van der Waals surface area contributed by atoms with Gasteiger partial charge in [-0.15, -0.1) is 0 Å². The Balaban J connectivity index is 1.17. The van der Waals surface area contributed by atoms with Crippen molar-refractivity contribution in [1.82, 2.24) is 24.6 Å². The molecule has 9 rings (SSSR count). The molecule has 6 aromatic carbocycles. The Morgan fingerprint density at radius 3 is 1.41 bits per heavy atom. The molecule has 3 heterocycles. The Labute approximate surface area is 296 Å². The van der Waals surface area contributed by atoms with Gasteiger partial charge in [-0.3, -0.25) is 0 Å². The van der Waals surface area contributed by atoms with E-state index in [1.165, 1.54) is 21.9 Å². The monoisotopic (exact) mass is 655 g/mol. The lowest BCUT2D eigenvalue weighted by Crippen LogP contribution is -2.00. The summed E-state index contributed by atoms with van der Waals surface area (Å²) in [5.74, 6) is 1.95. The van der Waals surface area contributed by atoms with Crippen molar-refractivity contribution in [2.24, 2.45) is 0 Å². The van der Waals surface area contributed by atoms with E-state index in [-0.39, 0.29) is 0 Å². The molecule has 0 amide bonds. The van der Waals surface area contributed by atoms with E-state index >= 15 is 0 Å². The predicted octanol–water partition coefficient (Wildman–Crippen LogP) is 11.2. The SMILES string of the molecule is CCc1nn2c(-c3ccccc3)cc3cc(-c4ccc(-c5nc(-c6ccccc6)nc(-c6ccccc6)n5)cc4)ccc3c2c1-c1ccccc1. The highest BCUT2D eigenvalue weighted by Gasteiger charge is 2.20. The molecule has 0 radical (unpaired) electrons. The lowest BCUT2D eigenvalue weighted by Gasteiger charge is -2.12. The van der Waals surface area contributed by atoms with Crippen molar-refractivity contribution in [2.45, 2.75) is 13.3 Å². The first-order valence-corrected chi connectivity index (χ1v) is 17.3. The van der Waals surface area contributed by atoms with Gasteiger partial charge in [0.25, 0.3) is 0 Å². The molecule has 0 saturated carbocycles. The van der Waals surface area contributed by atoms with Crippen molar-refractivity contribution in [3.63, 3.8) is 0 Å². The van der Waals surface area contributed by atoms with E-state index in [1.54, 1.807) is 0 Å². The standard InChI is InChI=1S/C46H33N5/c1-2-40-42(33-17-9-4-10-18-33)43-39-28-27-37(29-38(39)30-41(51(43)50-40)32-15-7-3-8-16-32)31-23-25-36(26-24-31)46-48-44(34-19-11-5-12-20-34)47-45(49-46)35-21-13-6-14-22-35/h3-30H,2H2,1H3. The van der Waals surface area contributed by atoms with Gasteiger partial charge in [-0.25, -0.2) is 19.5 Å². The summed E-state index contributed by atoms with van der Waals surface area (Å²) < 4.78 is 2.15. The zero-order chi connectivity index (χ0) is 34.1. The van der Waals surface area contributed by atoms with Crippen LogP contribution in [0.25, 0.3) is 84.0 Å². The average Bonchev–Trinajstić information content (AvgIpc) is 3.62. The summed E-state index contributed by atoms with van der Waals surface area (Å²) in [6, 6.07) is 58.9. The van der Waals surface area contributed by atoms with Gasteiger partial charge in [0.15, 0.2) is 17.5 Å². The molecule has 5 heteroatoms. The molecule has 0 spiro atoms. The normalized spacial score (nSPS) is 11.3. The molecule has 51 heavy (non-hydrogen) atoms. The Hall–Kier alpha value is -6.72. The number of rotatable bonds is 7. The second-order valence-corrected chi connectivity index (χ2v) is 12.6. The van der Waals surface area contributed by atoms with E-state index in [1.807, 2.05) is 60.7 Å². The number of hydrogen-bond acceptors (Lipinski definition) is 4. The number of benzene rings is 6. The number of aromatic nitrogens is 5. The van der Waals surface area contributed by atoms with Gasteiger partial charge in [0.05, 0.1) is 16.9 Å². The van der Waals surface area contributed by atoms with Crippen molar-refractivity contribution in [2.75, 3.05) is 0 Å². The quantitative estimate of drug-likeness (QED) is 0.171. The molecule has 0 aliphatic rings. The molecule has 0 N–H and O–H groups in total. The van der Waals surface area contributed by atoms with Crippen LogP contribution in [0, 0.1) is 0 Å². The van der Waals surface area contributed by atoms with E-state index in [4.69, 9.17) is 20.1 Å². The smallest absolute Gasteiger partial charge is 0.164 e.